The Bertz CT molecular complexity index is 485. The van der Waals surface area contributed by atoms with Crippen molar-refractivity contribution in [3.63, 3.8) is 0 Å². The van der Waals surface area contributed by atoms with Crippen molar-refractivity contribution in [1.29, 1.82) is 0 Å². The van der Waals surface area contributed by atoms with Gasteiger partial charge in [0.25, 0.3) is 0 Å². The SMILES string of the molecule is CC(C)(C)c1cc(-n2cnnn2)ccc1Cl. The molecule has 5 heteroatoms. The Kier molecular flexibility index (Phi) is 2.68. The quantitative estimate of drug-likeness (QED) is 0.765. The van der Waals surface area contributed by atoms with Crippen LogP contribution in [0.2, 0.25) is 5.02 Å². The van der Waals surface area contributed by atoms with Gasteiger partial charge < -0.3 is 0 Å². The third-order valence-electron chi connectivity index (χ3n) is 2.37. The fourth-order valence-corrected chi connectivity index (χ4v) is 1.91. The Morgan fingerprint density at radius 1 is 1.25 bits per heavy atom. The molecule has 0 aliphatic heterocycles. The average molecular weight is 237 g/mol. The molecule has 1 aromatic carbocycles. The molecule has 0 bridgehead atoms. The third kappa shape index (κ3) is 2.07. The summed E-state index contributed by atoms with van der Waals surface area (Å²) in [5.74, 6) is 0. The van der Waals surface area contributed by atoms with E-state index in [1.807, 2.05) is 18.2 Å². The second kappa shape index (κ2) is 3.87. The van der Waals surface area contributed by atoms with Crippen molar-refractivity contribution in [2.75, 3.05) is 0 Å². The highest BCUT2D eigenvalue weighted by atomic mass is 35.5. The predicted molar refractivity (Wildman–Crippen MR) is 62.9 cm³/mol. The first-order valence-corrected chi connectivity index (χ1v) is 5.39. The molecule has 0 saturated carbocycles. The van der Waals surface area contributed by atoms with E-state index in [1.165, 1.54) is 0 Å². The monoisotopic (exact) mass is 236 g/mol. The van der Waals surface area contributed by atoms with Crippen molar-refractivity contribution in [2.45, 2.75) is 26.2 Å². The normalized spacial score (nSPS) is 11.8. The standard InChI is InChI=1S/C11H13ClN4/c1-11(2,3)9-6-8(4-5-10(9)12)16-7-13-14-15-16/h4-7H,1-3H3. The van der Waals surface area contributed by atoms with Gasteiger partial charge in [0.05, 0.1) is 5.69 Å². The van der Waals surface area contributed by atoms with Crippen molar-refractivity contribution in [3.05, 3.63) is 35.1 Å². The molecule has 0 saturated heterocycles. The van der Waals surface area contributed by atoms with Crippen molar-refractivity contribution in [3.8, 4) is 5.69 Å². The number of aromatic nitrogens is 4. The third-order valence-corrected chi connectivity index (χ3v) is 2.70. The summed E-state index contributed by atoms with van der Waals surface area (Å²) in [5, 5.41) is 11.8. The molecule has 0 unspecified atom stereocenters. The maximum Gasteiger partial charge on any atom is 0.143 e. The molecule has 4 nitrogen and oxygen atoms in total. The second-order valence-corrected chi connectivity index (χ2v) is 5.08. The molecule has 84 valence electrons. The minimum Gasteiger partial charge on any atom is -0.201 e. The fourth-order valence-electron chi connectivity index (χ4n) is 1.51. The van der Waals surface area contributed by atoms with E-state index in [0.717, 1.165) is 16.3 Å². The lowest BCUT2D eigenvalue weighted by Crippen LogP contribution is -2.12. The van der Waals surface area contributed by atoms with Crippen LogP contribution in [0.15, 0.2) is 24.5 Å². The Balaban J connectivity index is 2.52. The smallest absolute Gasteiger partial charge is 0.143 e. The zero-order chi connectivity index (χ0) is 11.8. The van der Waals surface area contributed by atoms with Crippen molar-refractivity contribution < 1.29 is 0 Å². The first-order chi connectivity index (χ1) is 7.48. The van der Waals surface area contributed by atoms with Crippen LogP contribution in [-0.4, -0.2) is 20.2 Å². The number of tetrazole rings is 1. The molecular formula is C11H13ClN4. The van der Waals surface area contributed by atoms with Gasteiger partial charge in [0, 0.05) is 5.02 Å². The fraction of sp³-hybridized carbons (Fsp3) is 0.364. The number of hydrogen-bond donors (Lipinski definition) is 0. The zero-order valence-corrected chi connectivity index (χ0v) is 10.2. The Morgan fingerprint density at radius 3 is 2.56 bits per heavy atom. The number of benzene rings is 1. The van der Waals surface area contributed by atoms with E-state index in [2.05, 4.69) is 36.3 Å². The van der Waals surface area contributed by atoms with Crippen LogP contribution in [0, 0.1) is 0 Å². The second-order valence-electron chi connectivity index (χ2n) is 4.67. The molecule has 0 atom stereocenters. The summed E-state index contributed by atoms with van der Waals surface area (Å²) in [5.41, 5.74) is 2.00. The highest BCUT2D eigenvalue weighted by molar-refractivity contribution is 6.31. The van der Waals surface area contributed by atoms with Crippen molar-refractivity contribution in [1.82, 2.24) is 20.2 Å². The number of hydrogen-bond acceptors (Lipinski definition) is 3. The van der Waals surface area contributed by atoms with Gasteiger partial charge in [0.2, 0.25) is 0 Å². The molecule has 2 aromatic rings. The number of nitrogens with zero attached hydrogens (tertiary/aromatic N) is 4. The molecule has 0 spiro atoms. The maximum absolute atomic E-state index is 6.18. The van der Waals surface area contributed by atoms with Crippen LogP contribution < -0.4 is 0 Å². The highest BCUT2D eigenvalue weighted by Crippen LogP contribution is 2.30. The molecular weight excluding hydrogens is 224 g/mol. The molecule has 0 aliphatic rings. The molecule has 0 amide bonds. The summed E-state index contributed by atoms with van der Waals surface area (Å²) in [7, 11) is 0. The Labute approximate surface area is 99.2 Å². The summed E-state index contributed by atoms with van der Waals surface area (Å²) in [6.45, 7) is 6.37. The van der Waals surface area contributed by atoms with Gasteiger partial charge in [0.1, 0.15) is 6.33 Å². The number of rotatable bonds is 1. The lowest BCUT2D eigenvalue weighted by Gasteiger charge is -2.21. The van der Waals surface area contributed by atoms with Crippen LogP contribution in [0.3, 0.4) is 0 Å². The molecule has 16 heavy (non-hydrogen) atoms. The van der Waals surface area contributed by atoms with Gasteiger partial charge in [-0.3, -0.25) is 0 Å². The molecule has 1 heterocycles. The number of halogens is 1. The largest absolute Gasteiger partial charge is 0.201 e. The molecule has 0 radical (unpaired) electrons. The molecule has 0 fully saturated rings. The minimum absolute atomic E-state index is 0.00109. The van der Waals surface area contributed by atoms with Crippen molar-refractivity contribution >= 4 is 11.6 Å². The molecule has 2 rings (SSSR count). The van der Waals surface area contributed by atoms with E-state index in [1.54, 1.807) is 11.0 Å². The van der Waals surface area contributed by atoms with Crippen LogP contribution >= 0.6 is 11.6 Å². The highest BCUT2D eigenvalue weighted by Gasteiger charge is 2.18. The Hall–Kier alpha value is -1.42. The van der Waals surface area contributed by atoms with Crippen LogP contribution in [0.5, 0.6) is 0 Å². The molecule has 0 aliphatic carbocycles. The summed E-state index contributed by atoms with van der Waals surface area (Å²) in [6, 6.07) is 5.78. The van der Waals surface area contributed by atoms with E-state index >= 15 is 0 Å². The van der Waals surface area contributed by atoms with E-state index in [-0.39, 0.29) is 5.41 Å². The first-order valence-electron chi connectivity index (χ1n) is 5.02. The van der Waals surface area contributed by atoms with Gasteiger partial charge in [-0.1, -0.05) is 32.4 Å². The van der Waals surface area contributed by atoms with Gasteiger partial charge >= 0.3 is 0 Å². The van der Waals surface area contributed by atoms with Gasteiger partial charge in [-0.05, 0) is 39.6 Å². The van der Waals surface area contributed by atoms with Gasteiger partial charge in [0.15, 0.2) is 0 Å². The van der Waals surface area contributed by atoms with E-state index in [9.17, 15) is 0 Å². The summed E-state index contributed by atoms with van der Waals surface area (Å²) in [6.07, 6.45) is 1.57. The van der Waals surface area contributed by atoms with Gasteiger partial charge in [-0.15, -0.1) is 5.10 Å². The van der Waals surface area contributed by atoms with Crippen LogP contribution in [0.4, 0.5) is 0 Å². The summed E-state index contributed by atoms with van der Waals surface area (Å²) >= 11 is 6.18. The Morgan fingerprint density at radius 2 is 2.00 bits per heavy atom. The van der Waals surface area contributed by atoms with E-state index in [0.29, 0.717) is 0 Å². The predicted octanol–water partition coefficient (Wildman–Crippen LogP) is 2.61. The van der Waals surface area contributed by atoms with Crippen LogP contribution in [0.25, 0.3) is 5.69 Å². The average Bonchev–Trinajstić information content (AvgIpc) is 2.69. The van der Waals surface area contributed by atoms with E-state index in [4.69, 9.17) is 11.6 Å². The lowest BCUT2D eigenvalue weighted by atomic mass is 9.87. The summed E-state index contributed by atoms with van der Waals surface area (Å²) in [4.78, 5) is 0. The summed E-state index contributed by atoms with van der Waals surface area (Å²) < 4.78 is 1.62. The van der Waals surface area contributed by atoms with Crippen LogP contribution in [-0.2, 0) is 5.41 Å². The molecule has 0 N–H and O–H groups in total. The topological polar surface area (TPSA) is 43.6 Å². The van der Waals surface area contributed by atoms with Gasteiger partial charge in [-0.25, -0.2) is 4.68 Å². The zero-order valence-electron chi connectivity index (χ0n) is 9.48. The van der Waals surface area contributed by atoms with Crippen LogP contribution in [0.1, 0.15) is 26.3 Å². The lowest BCUT2D eigenvalue weighted by molar-refractivity contribution is 0.589. The first kappa shape index (κ1) is 11.1. The minimum atomic E-state index is 0.00109. The van der Waals surface area contributed by atoms with E-state index < -0.39 is 0 Å². The molecule has 1 aromatic heterocycles. The maximum atomic E-state index is 6.18. The van der Waals surface area contributed by atoms with Gasteiger partial charge in [-0.2, -0.15) is 0 Å². The van der Waals surface area contributed by atoms with Crippen molar-refractivity contribution in [2.24, 2.45) is 0 Å².